The van der Waals surface area contributed by atoms with E-state index in [1.54, 1.807) is 0 Å². The standard InChI is InChI=1S/C10H12Cl2N2O2/c1-2-16-4-3-13-10(15)7-5-9(12)14-6-8(7)11/h5-6H,2-4H2,1H3,(H,13,15). The van der Waals surface area contributed by atoms with Gasteiger partial charge >= 0.3 is 0 Å². The number of rotatable bonds is 5. The number of carbonyl (C=O) groups excluding carboxylic acids is 1. The molecule has 0 saturated heterocycles. The van der Waals surface area contributed by atoms with Crippen LogP contribution in [0.15, 0.2) is 12.3 Å². The lowest BCUT2D eigenvalue weighted by molar-refractivity contribution is 0.0922. The lowest BCUT2D eigenvalue weighted by Gasteiger charge is -2.06. The number of aromatic nitrogens is 1. The Labute approximate surface area is 104 Å². The average molecular weight is 263 g/mol. The fourth-order valence-corrected chi connectivity index (χ4v) is 1.41. The Morgan fingerprint density at radius 2 is 2.31 bits per heavy atom. The molecule has 6 heteroatoms. The Balaban J connectivity index is 2.55. The molecule has 1 heterocycles. The number of carbonyl (C=O) groups is 1. The Hall–Kier alpha value is -0.840. The number of hydrogen-bond donors (Lipinski definition) is 1. The van der Waals surface area contributed by atoms with E-state index in [2.05, 4.69) is 10.3 Å². The van der Waals surface area contributed by atoms with E-state index in [-0.39, 0.29) is 16.1 Å². The van der Waals surface area contributed by atoms with Crippen LogP contribution in [0.4, 0.5) is 0 Å². The van der Waals surface area contributed by atoms with Crippen LogP contribution in [0.25, 0.3) is 0 Å². The van der Waals surface area contributed by atoms with Crippen molar-refractivity contribution in [2.75, 3.05) is 19.8 Å². The summed E-state index contributed by atoms with van der Waals surface area (Å²) in [5, 5.41) is 3.18. The summed E-state index contributed by atoms with van der Waals surface area (Å²) in [6, 6.07) is 1.43. The van der Waals surface area contributed by atoms with Crippen molar-refractivity contribution in [1.82, 2.24) is 10.3 Å². The van der Waals surface area contributed by atoms with Crippen LogP contribution < -0.4 is 5.32 Å². The molecule has 0 fully saturated rings. The van der Waals surface area contributed by atoms with E-state index in [1.807, 2.05) is 6.92 Å². The SMILES string of the molecule is CCOCCNC(=O)c1cc(Cl)ncc1Cl. The fourth-order valence-electron chi connectivity index (χ4n) is 1.06. The minimum absolute atomic E-state index is 0.236. The summed E-state index contributed by atoms with van der Waals surface area (Å²) in [7, 11) is 0. The zero-order chi connectivity index (χ0) is 12.0. The predicted molar refractivity (Wildman–Crippen MR) is 63.1 cm³/mol. The second-order valence-electron chi connectivity index (χ2n) is 2.94. The third-order valence-electron chi connectivity index (χ3n) is 1.80. The summed E-state index contributed by atoms with van der Waals surface area (Å²) in [5.41, 5.74) is 0.318. The molecule has 0 radical (unpaired) electrons. The molecule has 16 heavy (non-hydrogen) atoms. The van der Waals surface area contributed by atoms with Crippen molar-refractivity contribution in [3.63, 3.8) is 0 Å². The molecule has 88 valence electrons. The van der Waals surface area contributed by atoms with E-state index in [1.165, 1.54) is 12.3 Å². The van der Waals surface area contributed by atoms with Crippen LogP contribution in [0.1, 0.15) is 17.3 Å². The molecule has 0 aliphatic rings. The van der Waals surface area contributed by atoms with Crippen LogP contribution in [0.3, 0.4) is 0 Å². The van der Waals surface area contributed by atoms with Gasteiger partial charge in [-0.3, -0.25) is 4.79 Å². The van der Waals surface area contributed by atoms with Crippen LogP contribution in [-0.4, -0.2) is 30.6 Å². The zero-order valence-corrected chi connectivity index (χ0v) is 10.3. The molecule has 0 aliphatic heterocycles. The molecule has 0 atom stereocenters. The first-order chi connectivity index (χ1) is 7.65. The van der Waals surface area contributed by atoms with E-state index in [0.717, 1.165) is 0 Å². The number of nitrogens with zero attached hydrogens (tertiary/aromatic N) is 1. The van der Waals surface area contributed by atoms with Crippen LogP contribution >= 0.6 is 23.2 Å². The molecule has 1 rings (SSSR count). The molecule has 1 aromatic heterocycles. The third kappa shape index (κ3) is 3.96. The lowest BCUT2D eigenvalue weighted by Crippen LogP contribution is -2.27. The van der Waals surface area contributed by atoms with Gasteiger partial charge in [0.15, 0.2) is 0 Å². The fraction of sp³-hybridized carbons (Fsp3) is 0.400. The van der Waals surface area contributed by atoms with Gasteiger partial charge in [-0.25, -0.2) is 4.98 Å². The van der Waals surface area contributed by atoms with Gasteiger partial charge in [0, 0.05) is 19.3 Å². The van der Waals surface area contributed by atoms with Gasteiger partial charge in [-0.15, -0.1) is 0 Å². The van der Waals surface area contributed by atoms with E-state index in [4.69, 9.17) is 27.9 Å². The lowest BCUT2D eigenvalue weighted by atomic mass is 10.2. The second-order valence-corrected chi connectivity index (χ2v) is 3.73. The summed E-state index contributed by atoms with van der Waals surface area (Å²) < 4.78 is 5.09. The minimum atomic E-state index is -0.283. The van der Waals surface area contributed by atoms with Crippen molar-refractivity contribution in [3.8, 4) is 0 Å². The second kappa shape index (κ2) is 6.68. The summed E-state index contributed by atoms with van der Waals surface area (Å²) in [4.78, 5) is 15.4. The van der Waals surface area contributed by atoms with Gasteiger partial charge < -0.3 is 10.1 Å². The topological polar surface area (TPSA) is 51.2 Å². The quantitative estimate of drug-likeness (QED) is 0.654. The van der Waals surface area contributed by atoms with Crippen molar-refractivity contribution in [3.05, 3.63) is 28.0 Å². The monoisotopic (exact) mass is 262 g/mol. The van der Waals surface area contributed by atoms with Crippen molar-refractivity contribution in [1.29, 1.82) is 0 Å². The maximum Gasteiger partial charge on any atom is 0.253 e. The Morgan fingerprint density at radius 3 is 3.00 bits per heavy atom. The van der Waals surface area contributed by atoms with Crippen molar-refractivity contribution >= 4 is 29.1 Å². The first-order valence-corrected chi connectivity index (χ1v) is 5.57. The van der Waals surface area contributed by atoms with Gasteiger partial charge in [-0.05, 0) is 13.0 Å². The summed E-state index contributed by atoms with van der Waals surface area (Å²) >= 11 is 11.5. The largest absolute Gasteiger partial charge is 0.380 e. The van der Waals surface area contributed by atoms with Crippen LogP contribution in [0, 0.1) is 0 Å². The van der Waals surface area contributed by atoms with Gasteiger partial charge in [-0.2, -0.15) is 0 Å². The Kier molecular flexibility index (Phi) is 5.52. The number of nitrogens with one attached hydrogen (secondary N) is 1. The molecule has 0 saturated carbocycles. The van der Waals surface area contributed by atoms with Gasteiger partial charge in [0.05, 0.1) is 17.2 Å². The first-order valence-electron chi connectivity index (χ1n) is 4.82. The third-order valence-corrected chi connectivity index (χ3v) is 2.31. The van der Waals surface area contributed by atoms with E-state index < -0.39 is 0 Å². The summed E-state index contributed by atoms with van der Waals surface area (Å²) in [5.74, 6) is -0.283. The number of ether oxygens (including phenoxy) is 1. The average Bonchev–Trinajstić information content (AvgIpc) is 2.27. The molecule has 0 spiro atoms. The maximum absolute atomic E-state index is 11.6. The summed E-state index contributed by atoms with van der Waals surface area (Å²) in [6.07, 6.45) is 1.35. The molecule has 0 aliphatic carbocycles. The van der Waals surface area contributed by atoms with Crippen LogP contribution in [-0.2, 0) is 4.74 Å². The highest BCUT2D eigenvalue weighted by Crippen LogP contribution is 2.17. The number of hydrogen-bond acceptors (Lipinski definition) is 3. The number of pyridine rings is 1. The number of amides is 1. The highest BCUT2D eigenvalue weighted by molar-refractivity contribution is 6.35. The highest BCUT2D eigenvalue weighted by Gasteiger charge is 2.10. The molecular formula is C10H12Cl2N2O2. The molecular weight excluding hydrogens is 251 g/mol. The Morgan fingerprint density at radius 1 is 1.56 bits per heavy atom. The molecule has 0 aromatic carbocycles. The first kappa shape index (κ1) is 13.2. The summed E-state index contributed by atoms with van der Waals surface area (Å²) in [6.45, 7) is 3.42. The van der Waals surface area contributed by atoms with Crippen LogP contribution in [0.5, 0.6) is 0 Å². The van der Waals surface area contributed by atoms with E-state index in [0.29, 0.717) is 25.3 Å². The van der Waals surface area contributed by atoms with Gasteiger partial charge in [0.25, 0.3) is 5.91 Å². The van der Waals surface area contributed by atoms with E-state index >= 15 is 0 Å². The Bertz CT molecular complexity index is 372. The minimum Gasteiger partial charge on any atom is -0.380 e. The van der Waals surface area contributed by atoms with E-state index in [9.17, 15) is 4.79 Å². The van der Waals surface area contributed by atoms with Crippen LogP contribution in [0.2, 0.25) is 10.2 Å². The molecule has 0 bridgehead atoms. The van der Waals surface area contributed by atoms with Crippen molar-refractivity contribution < 1.29 is 9.53 Å². The van der Waals surface area contributed by atoms with Crippen molar-refractivity contribution in [2.24, 2.45) is 0 Å². The predicted octanol–water partition coefficient (Wildman–Crippen LogP) is 2.15. The zero-order valence-electron chi connectivity index (χ0n) is 8.80. The molecule has 1 amide bonds. The smallest absolute Gasteiger partial charge is 0.253 e. The van der Waals surface area contributed by atoms with Crippen molar-refractivity contribution in [2.45, 2.75) is 6.92 Å². The highest BCUT2D eigenvalue weighted by atomic mass is 35.5. The van der Waals surface area contributed by atoms with Gasteiger partial charge in [-0.1, -0.05) is 23.2 Å². The van der Waals surface area contributed by atoms with Gasteiger partial charge in [0.2, 0.25) is 0 Å². The molecule has 0 unspecified atom stereocenters. The normalized spacial score (nSPS) is 10.2. The van der Waals surface area contributed by atoms with Gasteiger partial charge in [0.1, 0.15) is 5.15 Å². The number of halogens is 2. The molecule has 1 aromatic rings. The maximum atomic E-state index is 11.6. The molecule has 1 N–H and O–H groups in total. The molecule has 4 nitrogen and oxygen atoms in total.